The average Bonchev–Trinajstić information content (AvgIpc) is 3.18. The van der Waals surface area contributed by atoms with Crippen LogP contribution >= 0.6 is 34.5 Å². The van der Waals surface area contributed by atoms with Gasteiger partial charge in [0.05, 0.1) is 34.2 Å². The molecule has 0 atom stereocenters. The second kappa shape index (κ2) is 9.41. The molecule has 3 heterocycles. The summed E-state index contributed by atoms with van der Waals surface area (Å²) in [6, 6.07) is 12.2. The maximum absolute atomic E-state index is 13.2. The number of aryl methyl sites for hydroxylation is 1. The van der Waals surface area contributed by atoms with E-state index in [4.69, 9.17) is 27.9 Å². The van der Waals surface area contributed by atoms with Gasteiger partial charge in [-0.2, -0.15) is 4.31 Å². The normalized spacial score (nSPS) is 15.0. The number of morpholine rings is 1. The summed E-state index contributed by atoms with van der Waals surface area (Å²) < 4.78 is 33.0. The second-order valence-corrected chi connectivity index (χ2v) is 11.7. The van der Waals surface area contributed by atoms with E-state index in [0.717, 1.165) is 26.2 Å². The fourth-order valence-electron chi connectivity index (χ4n) is 3.93. The highest BCUT2D eigenvalue weighted by atomic mass is 35.5. The molecule has 11 heteroatoms. The van der Waals surface area contributed by atoms with Gasteiger partial charge in [-0.25, -0.2) is 18.4 Å². The Labute approximate surface area is 211 Å². The first-order valence-corrected chi connectivity index (χ1v) is 13.5. The molecule has 5 rings (SSSR count). The lowest BCUT2D eigenvalue weighted by Crippen LogP contribution is -2.40. The summed E-state index contributed by atoms with van der Waals surface area (Å²) in [5.41, 5.74) is 2.43. The molecule has 0 radical (unpaired) electrons. The lowest BCUT2D eigenvalue weighted by molar-refractivity contribution is 0.0730. The quantitative estimate of drug-likeness (QED) is 0.351. The van der Waals surface area contributed by atoms with Crippen LogP contribution < -0.4 is 5.32 Å². The van der Waals surface area contributed by atoms with Gasteiger partial charge in [0.25, 0.3) is 0 Å². The van der Waals surface area contributed by atoms with Crippen LogP contribution in [0.4, 0.5) is 11.5 Å². The number of anilines is 2. The van der Waals surface area contributed by atoms with Gasteiger partial charge < -0.3 is 10.1 Å². The third-order valence-electron chi connectivity index (χ3n) is 5.60. The maximum Gasteiger partial charge on any atom is 0.243 e. The Bertz CT molecular complexity index is 1470. The molecule has 1 aliphatic rings. The molecule has 2 aromatic carbocycles. The molecule has 0 amide bonds. The van der Waals surface area contributed by atoms with Gasteiger partial charge in [-0.1, -0.05) is 35.3 Å². The van der Waals surface area contributed by atoms with Crippen LogP contribution in [-0.2, 0) is 14.8 Å². The van der Waals surface area contributed by atoms with Crippen LogP contribution in [-0.4, -0.2) is 49.0 Å². The smallest absolute Gasteiger partial charge is 0.243 e. The molecule has 0 saturated carbocycles. The highest BCUT2D eigenvalue weighted by Crippen LogP contribution is 2.42. The number of rotatable bonds is 5. The van der Waals surface area contributed by atoms with Crippen LogP contribution in [0.3, 0.4) is 0 Å². The number of aromatic nitrogens is 2. The summed E-state index contributed by atoms with van der Waals surface area (Å²) in [4.78, 5) is 11.0. The average molecular weight is 535 g/mol. The largest absolute Gasteiger partial charge is 0.379 e. The first kappa shape index (κ1) is 23.5. The predicted molar refractivity (Wildman–Crippen MR) is 137 cm³/mol. The van der Waals surface area contributed by atoms with Gasteiger partial charge in [0.2, 0.25) is 10.0 Å². The van der Waals surface area contributed by atoms with Crippen LogP contribution in [0.5, 0.6) is 0 Å². The maximum atomic E-state index is 13.2. The number of sulfonamides is 1. The van der Waals surface area contributed by atoms with E-state index in [0.29, 0.717) is 47.9 Å². The van der Waals surface area contributed by atoms with E-state index >= 15 is 0 Å². The fraction of sp³-hybridized carbons (Fsp3) is 0.217. The first-order chi connectivity index (χ1) is 16.3. The van der Waals surface area contributed by atoms with E-state index in [1.807, 2.05) is 31.2 Å². The van der Waals surface area contributed by atoms with E-state index in [1.165, 1.54) is 16.7 Å². The Hall–Kier alpha value is -2.27. The third-order valence-corrected chi connectivity index (χ3v) is 9.09. The molecule has 0 aliphatic carbocycles. The van der Waals surface area contributed by atoms with Gasteiger partial charge in [0.15, 0.2) is 0 Å². The number of benzene rings is 2. The second-order valence-electron chi connectivity index (χ2n) is 7.73. The van der Waals surface area contributed by atoms with Crippen LogP contribution in [0.15, 0.2) is 53.7 Å². The highest BCUT2D eigenvalue weighted by molar-refractivity contribution is 7.89. The molecular weight excluding hydrogens is 515 g/mol. The van der Waals surface area contributed by atoms with Crippen molar-refractivity contribution >= 4 is 66.3 Å². The van der Waals surface area contributed by atoms with Crippen molar-refractivity contribution in [3.8, 4) is 11.1 Å². The topological polar surface area (TPSA) is 84.4 Å². The summed E-state index contributed by atoms with van der Waals surface area (Å²) in [5.74, 6) is 0.544. The SMILES string of the molecule is Cc1sc2ncnc(Nc3cc(S(=O)(=O)N4CCOCC4)ccc3Cl)c2c1-c1ccc(Cl)cc1. The highest BCUT2D eigenvalue weighted by Gasteiger charge is 2.27. The van der Waals surface area contributed by atoms with Crippen LogP contribution in [0.25, 0.3) is 21.3 Å². The number of hydrogen-bond donors (Lipinski definition) is 1. The number of halogens is 2. The monoisotopic (exact) mass is 534 g/mol. The zero-order chi connectivity index (χ0) is 23.9. The molecule has 4 aromatic rings. The van der Waals surface area contributed by atoms with Crippen molar-refractivity contribution in [2.75, 3.05) is 31.6 Å². The zero-order valence-corrected chi connectivity index (χ0v) is 21.2. The van der Waals surface area contributed by atoms with Gasteiger partial charge in [-0.05, 0) is 42.8 Å². The Balaban J connectivity index is 1.57. The number of nitrogens with one attached hydrogen (secondary N) is 1. The Kier molecular flexibility index (Phi) is 6.49. The van der Waals surface area contributed by atoms with Crippen molar-refractivity contribution in [3.63, 3.8) is 0 Å². The molecule has 2 aromatic heterocycles. The van der Waals surface area contributed by atoms with Crippen molar-refractivity contribution < 1.29 is 13.2 Å². The van der Waals surface area contributed by atoms with Crippen molar-refractivity contribution in [1.82, 2.24) is 14.3 Å². The molecule has 176 valence electrons. The molecular formula is C23H20Cl2N4O3S2. The molecule has 0 spiro atoms. The Morgan fingerprint density at radius 3 is 2.53 bits per heavy atom. The molecule has 1 aliphatic heterocycles. The van der Waals surface area contributed by atoms with Crippen LogP contribution in [0.2, 0.25) is 10.0 Å². The van der Waals surface area contributed by atoms with Crippen molar-refractivity contribution in [2.24, 2.45) is 0 Å². The lowest BCUT2D eigenvalue weighted by Gasteiger charge is -2.26. The number of hydrogen-bond acceptors (Lipinski definition) is 7. The first-order valence-electron chi connectivity index (χ1n) is 10.5. The minimum Gasteiger partial charge on any atom is -0.379 e. The minimum absolute atomic E-state index is 0.158. The molecule has 1 N–H and O–H groups in total. The number of nitrogens with zero attached hydrogens (tertiary/aromatic N) is 3. The number of fused-ring (bicyclic) bond motifs is 1. The Morgan fingerprint density at radius 2 is 1.79 bits per heavy atom. The lowest BCUT2D eigenvalue weighted by atomic mass is 10.0. The van der Waals surface area contributed by atoms with E-state index in [1.54, 1.807) is 23.5 Å². The molecule has 0 bridgehead atoms. The van der Waals surface area contributed by atoms with Gasteiger partial charge in [0.1, 0.15) is 17.0 Å². The summed E-state index contributed by atoms with van der Waals surface area (Å²) in [5, 5.41) is 5.13. The number of thiophene rings is 1. The number of ether oxygens (including phenoxy) is 1. The van der Waals surface area contributed by atoms with Gasteiger partial charge in [-0.15, -0.1) is 11.3 Å². The van der Waals surface area contributed by atoms with Crippen LogP contribution in [0, 0.1) is 6.92 Å². The molecule has 34 heavy (non-hydrogen) atoms. The van der Waals surface area contributed by atoms with E-state index in [2.05, 4.69) is 15.3 Å². The van der Waals surface area contributed by atoms with Gasteiger partial charge in [-0.3, -0.25) is 0 Å². The van der Waals surface area contributed by atoms with Gasteiger partial charge >= 0.3 is 0 Å². The van der Waals surface area contributed by atoms with E-state index < -0.39 is 10.0 Å². The third kappa shape index (κ3) is 4.39. The summed E-state index contributed by atoms with van der Waals surface area (Å²) >= 11 is 14.1. The fourth-order valence-corrected chi connectivity index (χ4v) is 6.67. The van der Waals surface area contributed by atoms with Crippen molar-refractivity contribution in [3.05, 3.63) is 63.7 Å². The van der Waals surface area contributed by atoms with E-state index in [-0.39, 0.29) is 4.90 Å². The molecule has 7 nitrogen and oxygen atoms in total. The summed E-state index contributed by atoms with van der Waals surface area (Å²) in [7, 11) is -3.68. The molecule has 1 saturated heterocycles. The summed E-state index contributed by atoms with van der Waals surface area (Å²) in [6.45, 7) is 3.42. The standard InChI is InChI=1S/C23H20Cl2N4O3S2/c1-14-20(15-2-4-16(24)5-3-15)21-22(26-13-27-23(21)33-14)28-19-12-17(6-7-18(19)25)34(30,31)29-8-10-32-11-9-29/h2-7,12-13H,8-11H2,1H3,(H,26,27,28). The summed E-state index contributed by atoms with van der Waals surface area (Å²) in [6.07, 6.45) is 1.48. The van der Waals surface area contributed by atoms with Crippen LogP contribution in [0.1, 0.15) is 4.88 Å². The van der Waals surface area contributed by atoms with Crippen molar-refractivity contribution in [1.29, 1.82) is 0 Å². The van der Waals surface area contributed by atoms with Crippen molar-refractivity contribution in [2.45, 2.75) is 11.8 Å². The Morgan fingerprint density at radius 1 is 1.06 bits per heavy atom. The zero-order valence-electron chi connectivity index (χ0n) is 18.1. The minimum atomic E-state index is -3.68. The molecule has 1 fully saturated rings. The molecule has 0 unspecified atom stereocenters. The van der Waals surface area contributed by atoms with Gasteiger partial charge in [0, 0.05) is 28.6 Å². The van der Waals surface area contributed by atoms with E-state index in [9.17, 15) is 8.42 Å². The predicted octanol–water partition coefficient (Wildman–Crippen LogP) is 5.74.